The van der Waals surface area contributed by atoms with Crippen molar-refractivity contribution in [3.05, 3.63) is 0 Å². The van der Waals surface area contributed by atoms with E-state index in [9.17, 15) is 18.0 Å². The van der Waals surface area contributed by atoms with E-state index in [1.807, 2.05) is 0 Å². The third kappa shape index (κ3) is 3.45. The number of aliphatic carboxylic acids is 1. The van der Waals surface area contributed by atoms with Crippen LogP contribution in [0.25, 0.3) is 0 Å². The molecule has 9 heteroatoms. The highest BCUT2D eigenvalue weighted by Crippen LogP contribution is 2.45. The van der Waals surface area contributed by atoms with E-state index >= 15 is 0 Å². The number of carbonyl (C=O) groups excluding carboxylic acids is 1. The van der Waals surface area contributed by atoms with E-state index in [4.69, 9.17) is 5.11 Å². The Morgan fingerprint density at radius 2 is 2.10 bits per heavy atom. The molecule has 120 valence electrons. The van der Waals surface area contributed by atoms with Crippen LogP contribution in [0, 0.1) is 5.41 Å². The molecule has 7 nitrogen and oxygen atoms in total. The average molecular weight is 336 g/mol. The number of hydrogen-bond acceptors (Lipinski definition) is 5. The predicted molar refractivity (Wildman–Crippen MR) is 80.0 cm³/mol. The number of thioether (sulfide) groups is 1. The summed E-state index contributed by atoms with van der Waals surface area (Å²) < 4.78 is 24.1. The largest absolute Gasteiger partial charge is 0.481 e. The van der Waals surface area contributed by atoms with E-state index in [0.29, 0.717) is 30.9 Å². The van der Waals surface area contributed by atoms with Crippen molar-refractivity contribution in [3.63, 3.8) is 0 Å². The average Bonchev–Trinajstić information content (AvgIpc) is 3.26. The second-order valence-corrected chi connectivity index (χ2v) is 9.02. The minimum Gasteiger partial charge on any atom is -0.481 e. The van der Waals surface area contributed by atoms with Crippen molar-refractivity contribution in [2.45, 2.75) is 25.1 Å². The van der Waals surface area contributed by atoms with Gasteiger partial charge in [0.15, 0.2) is 9.84 Å². The molecular formula is C12H20N2O5S2. The van der Waals surface area contributed by atoms with Crippen LogP contribution < -0.4 is 5.32 Å². The zero-order valence-corrected chi connectivity index (χ0v) is 13.5. The lowest BCUT2D eigenvalue weighted by Crippen LogP contribution is -2.54. The Morgan fingerprint density at radius 1 is 1.43 bits per heavy atom. The van der Waals surface area contributed by atoms with Crippen LogP contribution in [-0.2, 0) is 14.6 Å². The van der Waals surface area contributed by atoms with Gasteiger partial charge < -0.3 is 15.3 Å². The number of sulfone groups is 1. The third-order valence-electron chi connectivity index (χ3n) is 4.05. The van der Waals surface area contributed by atoms with Crippen molar-refractivity contribution in [1.82, 2.24) is 10.2 Å². The quantitative estimate of drug-likeness (QED) is 0.752. The first kappa shape index (κ1) is 16.4. The molecule has 0 aromatic rings. The summed E-state index contributed by atoms with van der Waals surface area (Å²) >= 11 is 1.51. The van der Waals surface area contributed by atoms with E-state index in [-0.39, 0.29) is 12.3 Å². The fourth-order valence-electron chi connectivity index (χ4n) is 2.27. The molecule has 21 heavy (non-hydrogen) atoms. The molecule has 0 bridgehead atoms. The molecule has 2 rings (SSSR count). The number of carboxylic acids is 1. The molecule has 1 aliphatic carbocycles. The van der Waals surface area contributed by atoms with Crippen molar-refractivity contribution >= 4 is 33.6 Å². The van der Waals surface area contributed by atoms with E-state index in [1.165, 1.54) is 16.7 Å². The van der Waals surface area contributed by atoms with Crippen molar-refractivity contribution in [2.24, 2.45) is 5.41 Å². The van der Waals surface area contributed by atoms with Crippen LogP contribution in [-0.4, -0.2) is 66.1 Å². The summed E-state index contributed by atoms with van der Waals surface area (Å²) in [6.45, 7) is 1.98. The fourth-order valence-corrected chi connectivity index (χ4v) is 5.23. The summed E-state index contributed by atoms with van der Waals surface area (Å²) in [7, 11) is -3.34. The van der Waals surface area contributed by atoms with Crippen molar-refractivity contribution in [2.75, 3.05) is 30.3 Å². The first-order chi connectivity index (χ1) is 9.82. The molecule has 1 aliphatic heterocycles. The molecule has 2 fully saturated rings. The number of hydrogen-bond donors (Lipinski definition) is 2. The number of carboxylic acid groups (broad SMARTS) is 1. The first-order valence-corrected chi connectivity index (χ1v) is 9.76. The predicted octanol–water partition coefficient (Wildman–Crippen LogP) is 0.370. The minimum absolute atomic E-state index is 0.0128. The van der Waals surface area contributed by atoms with Crippen LogP contribution in [0.15, 0.2) is 0 Å². The van der Waals surface area contributed by atoms with Crippen LogP contribution in [0.2, 0.25) is 0 Å². The molecule has 1 atom stereocenters. The number of rotatable bonds is 5. The molecule has 0 aromatic heterocycles. The van der Waals surface area contributed by atoms with Gasteiger partial charge in [0.25, 0.3) is 0 Å². The maximum absolute atomic E-state index is 12.2. The Kier molecular flexibility index (Phi) is 4.72. The Bertz CT molecular complexity index is 530. The van der Waals surface area contributed by atoms with Gasteiger partial charge in [0.1, 0.15) is 5.37 Å². The van der Waals surface area contributed by atoms with Gasteiger partial charge >= 0.3 is 12.0 Å². The Labute approximate surface area is 128 Å². The third-order valence-corrected chi connectivity index (χ3v) is 7.34. The summed E-state index contributed by atoms with van der Waals surface area (Å²) in [5.74, 6) is 0.136. The molecule has 0 aromatic carbocycles. The van der Waals surface area contributed by atoms with E-state index < -0.39 is 32.6 Å². The number of nitrogens with one attached hydrogen (secondary N) is 1. The van der Waals surface area contributed by atoms with E-state index in [1.54, 1.807) is 6.92 Å². The van der Waals surface area contributed by atoms with Gasteiger partial charge in [-0.05, 0) is 12.8 Å². The molecule has 2 N–H and O–H groups in total. The van der Waals surface area contributed by atoms with Gasteiger partial charge in [0.2, 0.25) is 0 Å². The van der Waals surface area contributed by atoms with Gasteiger partial charge in [-0.2, -0.15) is 11.8 Å². The zero-order valence-electron chi connectivity index (χ0n) is 11.9. The SMILES string of the molecule is CCS(=O)(=O)C1CSCCN1C(=O)NCC1(C(=O)O)CC1. The lowest BCUT2D eigenvalue weighted by atomic mass is 10.1. The highest BCUT2D eigenvalue weighted by molar-refractivity contribution is 8.01. The topological polar surface area (TPSA) is 104 Å². The molecule has 2 amide bonds. The van der Waals surface area contributed by atoms with Crippen molar-refractivity contribution in [3.8, 4) is 0 Å². The van der Waals surface area contributed by atoms with Gasteiger partial charge in [0, 0.05) is 30.3 Å². The molecule has 2 aliphatic rings. The molecule has 1 unspecified atom stereocenters. The van der Waals surface area contributed by atoms with Gasteiger partial charge in [-0.1, -0.05) is 6.92 Å². The van der Waals surface area contributed by atoms with Crippen molar-refractivity contribution in [1.29, 1.82) is 0 Å². The van der Waals surface area contributed by atoms with Crippen LogP contribution in [0.3, 0.4) is 0 Å². The summed E-state index contributed by atoms with van der Waals surface area (Å²) in [5, 5.41) is 10.9. The minimum atomic E-state index is -3.34. The smallest absolute Gasteiger partial charge is 0.318 e. The maximum Gasteiger partial charge on any atom is 0.318 e. The summed E-state index contributed by atoms with van der Waals surface area (Å²) in [6.07, 6.45) is 1.10. The second kappa shape index (κ2) is 6.04. The number of nitrogens with zero attached hydrogens (tertiary/aromatic N) is 1. The number of amides is 2. The summed E-state index contributed by atoms with van der Waals surface area (Å²) in [4.78, 5) is 24.6. The molecule has 1 saturated carbocycles. The normalized spacial score (nSPS) is 24.4. The highest BCUT2D eigenvalue weighted by atomic mass is 32.2. The molecule has 0 spiro atoms. The molecule has 0 radical (unpaired) electrons. The molecule has 1 saturated heterocycles. The van der Waals surface area contributed by atoms with E-state index in [2.05, 4.69) is 5.32 Å². The van der Waals surface area contributed by atoms with Crippen LogP contribution >= 0.6 is 11.8 Å². The molecular weight excluding hydrogens is 316 g/mol. The lowest BCUT2D eigenvalue weighted by molar-refractivity contribution is -0.143. The number of urea groups is 1. The summed E-state index contributed by atoms with van der Waals surface area (Å²) in [5.41, 5.74) is -0.848. The second-order valence-electron chi connectivity index (χ2n) is 5.42. The highest BCUT2D eigenvalue weighted by Gasteiger charge is 2.50. The Hall–Kier alpha value is -0.960. The van der Waals surface area contributed by atoms with Gasteiger partial charge in [0.05, 0.1) is 5.41 Å². The standard InChI is InChI=1S/C12H20N2O5S2/c1-2-21(18,19)9-7-20-6-5-14(9)11(17)13-8-12(3-4-12)10(15)16/h9H,2-8H2,1H3,(H,13,17)(H,15,16). The Balaban J connectivity index is 2.01. The van der Waals surface area contributed by atoms with Crippen LogP contribution in [0.5, 0.6) is 0 Å². The first-order valence-electron chi connectivity index (χ1n) is 6.89. The Morgan fingerprint density at radius 3 is 2.62 bits per heavy atom. The van der Waals surface area contributed by atoms with Crippen molar-refractivity contribution < 1.29 is 23.1 Å². The summed E-state index contributed by atoms with van der Waals surface area (Å²) in [6, 6.07) is -0.482. The molecule has 1 heterocycles. The van der Waals surface area contributed by atoms with E-state index in [0.717, 1.165) is 0 Å². The van der Waals surface area contributed by atoms with Crippen LogP contribution in [0.4, 0.5) is 4.79 Å². The van der Waals surface area contributed by atoms with Gasteiger partial charge in [-0.25, -0.2) is 13.2 Å². The lowest BCUT2D eigenvalue weighted by Gasteiger charge is -2.34. The van der Waals surface area contributed by atoms with Crippen LogP contribution in [0.1, 0.15) is 19.8 Å². The fraction of sp³-hybridized carbons (Fsp3) is 0.833. The number of carbonyl (C=O) groups is 2. The maximum atomic E-state index is 12.2. The van der Waals surface area contributed by atoms with Gasteiger partial charge in [-0.3, -0.25) is 4.79 Å². The zero-order chi connectivity index (χ0) is 15.7. The van der Waals surface area contributed by atoms with Gasteiger partial charge in [-0.15, -0.1) is 0 Å². The monoisotopic (exact) mass is 336 g/mol.